The molecule has 0 radical (unpaired) electrons. The van der Waals surface area contributed by atoms with Crippen molar-refractivity contribution in [1.29, 1.82) is 0 Å². The van der Waals surface area contributed by atoms with E-state index >= 15 is 0 Å². The first-order chi connectivity index (χ1) is 7.15. The zero-order chi connectivity index (χ0) is 11.3. The van der Waals surface area contributed by atoms with E-state index in [1.54, 1.807) is 12.1 Å². The molecule has 0 aliphatic rings. The van der Waals surface area contributed by atoms with Crippen molar-refractivity contribution in [1.82, 2.24) is 0 Å². The van der Waals surface area contributed by atoms with Gasteiger partial charge in [-0.1, -0.05) is 32.0 Å². The Morgan fingerprint density at radius 2 is 1.93 bits per heavy atom. The second kappa shape index (κ2) is 5.76. The van der Waals surface area contributed by atoms with Crippen molar-refractivity contribution in [3.63, 3.8) is 0 Å². The molecule has 0 heterocycles. The summed E-state index contributed by atoms with van der Waals surface area (Å²) in [6.45, 7) is 3.96. The zero-order valence-corrected chi connectivity index (χ0v) is 9.70. The Balaban J connectivity index is 2.63. The number of esters is 1. The first-order valence-electron chi connectivity index (χ1n) is 4.97. The van der Waals surface area contributed by atoms with Crippen molar-refractivity contribution in [3.05, 3.63) is 35.9 Å². The number of halogens is 1. The van der Waals surface area contributed by atoms with Gasteiger partial charge in [0, 0.05) is 0 Å². The van der Waals surface area contributed by atoms with Crippen LogP contribution in [-0.4, -0.2) is 18.0 Å². The average molecular weight is 227 g/mol. The van der Waals surface area contributed by atoms with E-state index in [1.807, 2.05) is 32.0 Å². The minimum atomic E-state index is -0.310. The predicted octanol–water partition coefficient (Wildman–Crippen LogP) is 3.11. The largest absolute Gasteiger partial charge is 0.457 e. The van der Waals surface area contributed by atoms with Gasteiger partial charge >= 0.3 is 5.97 Å². The van der Waals surface area contributed by atoms with Gasteiger partial charge in [-0.15, -0.1) is 11.6 Å². The Labute approximate surface area is 95.2 Å². The first kappa shape index (κ1) is 12.1. The maximum atomic E-state index is 11.6. The molecular formula is C12H15ClO2. The minimum absolute atomic E-state index is 0.223. The molecular weight excluding hydrogens is 212 g/mol. The summed E-state index contributed by atoms with van der Waals surface area (Å²) in [6, 6.07) is 8.93. The molecule has 0 unspecified atom stereocenters. The number of benzene rings is 1. The van der Waals surface area contributed by atoms with Crippen LogP contribution in [0.5, 0.6) is 0 Å². The standard InChI is InChI=1S/C12H15ClO2/c1-9(2)11(8-13)15-12(14)10-6-4-3-5-7-10/h3-7,9,11H,8H2,1-2H3/t11-/m1/s1. The van der Waals surface area contributed by atoms with Gasteiger partial charge in [-0.05, 0) is 18.1 Å². The molecule has 1 aromatic rings. The maximum Gasteiger partial charge on any atom is 0.338 e. The number of carbonyl (C=O) groups is 1. The summed E-state index contributed by atoms with van der Waals surface area (Å²) in [5.74, 6) is 0.251. The zero-order valence-electron chi connectivity index (χ0n) is 8.94. The SMILES string of the molecule is CC(C)[C@@H](CCl)OC(=O)c1ccccc1. The van der Waals surface area contributed by atoms with Gasteiger partial charge in [0.25, 0.3) is 0 Å². The molecule has 0 spiro atoms. The van der Waals surface area contributed by atoms with E-state index in [4.69, 9.17) is 16.3 Å². The van der Waals surface area contributed by atoms with E-state index < -0.39 is 0 Å². The molecule has 0 saturated carbocycles. The van der Waals surface area contributed by atoms with Crippen molar-refractivity contribution in [2.75, 3.05) is 5.88 Å². The Bertz CT molecular complexity index is 309. The molecule has 0 aliphatic heterocycles. The topological polar surface area (TPSA) is 26.3 Å². The van der Waals surface area contributed by atoms with Crippen LogP contribution in [-0.2, 0) is 4.74 Å². The lowest BCUT2D eigenvalue weighted by atomic mass is 10.1. The molecule has 1 rings (SSSR count). The molecule has 0 bridgehead atoms. The molecule has 1 aromatic carbocycles. The fourth-order valence-electron chi connectivity index (χ4n) is 1.13. The molecule has 0 amide bonds. The van der Waals surface area contributed by atoms with E-state index in [0.29, 0.717) is 11.4 Å². The second-order valence-electron chi connectivity index (χ2n) is 3.71. The van der Waals surface area contributed by atoms with E-state index in [0.717, 1.165) is 0 Å². The highest BCUT2D eigenvalue weighted by Gasteiger charge is 2.17. The molecule has 2 nitrogen and oxygen atoms in total. The van der Waals surface area contributed by atoms with Gasteiger partial charge in [0.1, 0.15) is 6.10 Å². The summed E-state index contributed by atoms with van der Waals surface area (Å²) in [5, 5.41) is 0. The van der Waals surface area contributed by atoms with Crippen LogP contribution in [0.25, 0.3) is 0 Å². The van der Waals surface area contributed by atoms with Crippen molar-refractivity contribution < 1.29 is 9.53 Å². The molecule has 15 heavy (non-hydrogen) atoms. The van der Waals surface area contributed by atoms with Gasteiger partial charge < -0.3 is 4.74 Å². The number of hydrogen-bond donors (Lipinski definition) is 0. The fourth-order valence-corrected chi connectivity index (χ4v) is 1.54. The minimum Gasteiger partial charge on any atom is -0.457 e. The van der Waals surface area contributed by atoms with Crippen molar-refractivity contribution in [2.24, 2.45) is 5.92 Å². The number of alkyl halides is 1. The molecule has 0 saturated heterocycles. The third-order valence-electron chi connectivity index (χ3n) is 2.16. The van der Waals surface area contributed by atoms with Gasteiger partial charge in [0.15, 0.2) is 0 Å². The van der Waals surface area contributed by atoms with Crippen LogP contribution in [0, 0.1) is 5.92 Å². The van der Waals surface area contributed by atoms with Gasteiger partial charge in [0.05, 0.1) is 11.4 Å². The molecule has 0 aliphatic carbocycles. The summed E-state index contributed by atoms with van der Waals surface area (Å²) >= 11 is 5.72. The van der Waals surface area contributed by atoms with Crippen LogP contribution in [0.15, 0.2) is 30.3 Å². The lowest BCUT2D eigenvalue weighted by Crippen LogP contribution is -2.25. The van der Waals surface area contributed by atoms with Gasteiger partial charge in [-0.2, -0.15) is 0 Å². The molecule has 82 valence electrons. The van der Waals surface area contributed by atoms with Crippen molar-refractivity contribution in [3.8, 4) is 0 Å². The Hall–Kier alpha value is -1.02. The van der Waals surface area contributed by atoms with Crippen LogP contribution in [0.1, 0.15) is 24.2 Å². The first-order valence-corrected chi connectivity index (χ1v) is 5.50. The lowest BCUT2D eigenvalue weighted by molar-refractivity contribution is 0.0247. The highest BCUT2D eigenvalue weighted by atomic mass is 35.5. The molecule has 1 atom stereocenters. The van der Waals surface area contributed by atoms with Crippen LogP contribution < -0.4 is 0 Å². The highest BCUT2D eigenvalue weighted by Crippen LogP contribution is 2.11. The van der Waals surface area contributed by atoms with Gasteiger partial charge in [-0.3, -0.25) is 0 Å². The predicted molar refractivity (Wildman–Crippen MR) is 61.2 cm³/mol. The van der Waals surface area contributed by atoms with Crippen molar-refractivity contribution in [2.45, 2.75) is 20.0 Å². The van der Waals surface area contributed by atoms with Gasteiger partial charge in [-0.25, -0.2) is 4.79 Å². The Morgan fingerprint density at radius 1 is 1.33 bits per heavy atom. The molecule has 3 heteroatoms. The normalized spacial score (nSPS) is 12.5. The number of hydrogen-bond acceptors (Lipinski definition) is 2. The number of carbonyl (C=O) groups excluding carboxylic acids is 1. The smallest absolute Gasteiger partial charge is 0.338 e. The number of rotatable bonds is 4. The lowest BCUT2D eigenvalue weighted by Gasteiger charge is -2.18. The van der Waals surface area contributed by atoms with Crippen LogP contribution in [0.3, 0.4) is 0 Å². The van der Waals surface area contributed by atoms with Crippen LogP contribution >= 0.6 is 11.6 Å². The fraction of sp³-hybridized carbons (Fsp3) is 0.417. The third-order valence-corrected chi connectivity index (χ3v) is 2.47. The van der Waals surface area contributed by atoms with E-state index in [9.17, 15) is 4.79 Å². The summed E-state index contributed by atoms with van der Waals surface area (Å²) < 4.78 is 5.28. The third kappa shape index (κ3) is 3.56. The summed E-state index contributed by atoms with van der Waals surface area (Å²) in [4.78, 5) is 11.6. The highest BCUT2D eigenvalue weighted by molar-refractivity contribution is 6.18. The molecule has 0 fully saturated rings. The van der Waals surface area contributed by atoms with Gasteiger partial charge in [0.2, 0.25) is 0 Å². The van der Waals surface area contributed by atoms with E-state index in [-0.39, 0.29) is 18.0 Å². The monoisotopic (exact) mass is 226 g/mol. The molecule has 0 aromatic heterocycles. The number of ether oxygens (including phenoxy) is 1. The van der Waals surface area contributed by atoms with Crippen LogP contribution in [0.4, 0.5) is 0 Å². The Kier molecular flexibility index (Phi) is 4.63. The summed E-state index contributed by atoms with van der Waals surface area (Å²) in [6.07, 6.45) is -0.223. The van der Waals surface area contributed by atoms with Crippen LogP contribution in [0.2, 0.25) is 0 Å². The van der Waals surface area contributed by atoms with Crippen molar-refractivity contribution >= 4 is 17.6 Å². The summed E-state index contributed by atoms with van der Waals surface area (Å²) in [7, 11) is 0. The maximum absolute atomic E-state index is 11.6. The second-order valence-corrected chi connectivity index (χ2v) is 4.02. The average Bonchev–Trinajstić information content (AvgIpc) is 2.26. The summed E-state index contributed by atoms with van der Waals surface area (Å²) in [5.41, 5.74) is 0.563. The van der Waals surface area contributed by atoms with E-state index in [1.165, 1.54) is 0 Å². The van der Waals surface area contributed by atoms with E-state index in [2.05, 4.69) is 0 Å². The quantitative estimate of drug-likeness (QED) is 0.583. The Morgan fingerprint density at radius 3 is 2.40 bits per heavy atom. The molecule has 0 N–H and O–H groups in total.